The van der Waals surface area contributed by atoms with Crippen LogP contribution in [0.15, 0.2) is 54.6 Å². The van der Waals surface area contributed by atoms with E-state index in [1.807, 2.05) is 42.5 Å². The van der Waals surface area contributed by atoms with Crippen LogP contribution in [0.3, 0.4) is 0 Å². The molecule has 0 spiro atoms. The second-order valence-corrected chi connectivity index (χ2v) is 8.49. The fraction of sp³-hybridized carbons (Fsp3) is 0.348. The molecule has 1 saturated heterocycles. The van der Waals surface area contributed by atoms with Gasteiger partial charge in [-0.25, -0.2) is 0 Å². The van der Waals surface area contributed by atoms with E-state index in [1.54, 1.807) is 0 Å². The van der Waals surface area contributed by atoms with Crippen LogP contribution >= 0.6 is 0 Å². The van der Waals surface area contributed by atoms with Gasteiger partial charge in [0.05, 0.1) is 11.8 Å². The number of benzene rings is 2. The van der Waals surface area contributed by atoms with Crippen LogP contribution in [0.25, 0.3) is 10.8 Å². The molecule has 0 aromatic heterocycles. The molecule has 2 saturated carbocycles. The first-order valence-corrected chi connectivity index (χ1v) is 9.94. The van der Waals surface area contributed by atoms with E-state index in [0.29, 0.717) is 17.5 Å². The van der Waals surface area contributed by atoms with Crippen LogP contribution in [0.4, 0.5) is 5.69 Å². The lowest BCUT2D eigenvalue weighted by molar-refractivity contribution is -0.142. The molecule has 0 unspecified atom stereocenters. The normalized spacial score (nSPS) is 34.5. The fourth-order valence-corrected chi connectivity index (χ4v) is 5.84. The Hall–Kier alpha value is -2.95. The van der Waals surface area contributed by atoms with Crippen molar-refractivity contribution in [1.82, 2.24) is 4.90 Å². The Morgan fingerprint density at radius 2 is 1.57 bits per heavy atom. The zero-order valence-corrected chi connectivity index (χ0v) is 15.2. The Balaban J connectivity index is 1.23. The summed E-state index contributed by atoms with van der Waals surface area (Å²) in [5.41, 5.74) is 0.697. The summed E-state index contributed by atoms with van der Waals surface area (Å²) in [6.07, 6.45) is 5.42. The number of nitrogens with zero attached hydrogens (tertiary/aromatic N) is 1. The molecule has 28 heavy (non-hydrogen) atoms. The number of carbonyl (C=O) groups excluding carboxylic acids is 3. The lowest BCUT2D eigenvalue weighted by Crippen LogP contribution is -2.40. The average Bonchev–Trinajstić information content (AvgIpc) is 3.49. The molecule has 2 aromatic carbocycles. The molecular formula is C23H20N2O3. The third kappa shape index (κ3) is 2.10. The van der Waals surface area contributed by atoms with Crippen LogP contribution in [0.2, 0.25) is 0 Å². The third-order valence-corrected chi connectivity index (χ3v) is 7.12. The Morgan fingerprint density at radius 3 is 2.29 bits per heavy atom. The fourth-order valence-electron chi connectivity index (χ4n) is 5.84. The maximum absolute atomic E-state index is 13.0. The van der Waals surface area contributed by atoms with Crippen LogP contribution in [0.5, 0.6) is 0 Å². The number of anilines is 1. The van der Waals surface area contributed by atoms with Gasteiger partial charge >= 0.3 is 0 Å². The van der Waals surface area contributed by atoms with Gasteiger partial charge in [-0.15, -0.1) is 0 Å². The molecule has 5 aliphatic rings. The lowest BCUT2D eigenvalue weighted by Gasteiger charge is -2.37. The highest BCUT2D eigenvalue weighted by Crippen LogP contribution is 2.65. The van der Waals surface area contributed by atoms with E-state index in [9.17, 15) is 14.4 Å². The van der Waals surface area contributed by atoms with E-state index < -0.39 is 0 Å². The van der Waals surface area contributed by atoms with Crippen molar-refractivity contribution in [1.29, 1.82) is 0 Å². The standard InChI is InChI=1S/C23H20N2O3/c26-19(24-18-7-3-5-12-4-1-2-6-13(12)18)11-25-22(27)20-14-8-9-15(17-10-16(14)17)21(20)23(25)28/h1-9,14-17,20-21H,10-11H2,(H,24,26)/t14-,15+,16-,17-,20+,21+/m1/s1. The van der Waals surface area contributed by atoms with Crippen molar-refractivity contribution >= 4 is 34.2 Å². The predicted molar refractivity (Wildman–Crippen MR) is 104 cm³/mol. The molecule has 6 atom stereocenters. The van der Waals surface area contributed by atoms with Gasteiger partial charge in [0.15, 0.2) is 0 Å². The second kappa shape index (κ2) is 5.53. The second-order valence-electron chi connectivity index (χ2n) is 8.49. The van der Waals surface area contributed by atoms with E-state index in [4.69, 9.17) is 0 Å². The molecule has 1 aliphatic heterocycles. The summed E-state index contributed by atoms with van der Waals surface area (Å²) >= 11 is 0. The van der Waals surface area contributed by atoms with Crippen molar-refractivity contribution in [2.24, 2.45) is 35.5 Å². The van der Waals surface area contributed by atoms with Crippen LogP contribution in [-0.4, -0.2) is 29.2 Å². The highest BCUT2D eigenvalue weighted by molar-refractivity contribution is 6.10. The van der Waals surface area contributed by atoms with Crippen molar-refractivity contribution in [3.05, 3.63) is 54.6 Å². The summed E-state index contributed by atoms with van der Waals surface area (Å²) in [4.78, 5) is 39.9. The van der Waals surface area contributed by atoms with Gasteiger partial charge in [0, 0.05) is 11.1 Å². The molecule has 0 radical (unpaired) electrons. The molecule has 5 heteroatoms. The number of nitrogens with one attached hydrogen (secondary N) is 1. The Labute approximate surface area is 162 Å². The van der Waals surface area contributed by atoms with Crippen LogP contribution in [0, 0.1) is 35.5 Å². The van der Waals surface area contributed by atoms with Crippen molar-refractivity contribution in [2.45, 2.75) is 6.42 Å². The van der Waals surface area contributed by atoms with Gasteiger partial charge in [0.1, 0.15) is 6.54 Å². The number of likely N-dealkylation sites (tertiary alicyclic amines) is 1. The zero-order chi connectivity index (χ0) is 19.0. The minimum atomic E-state index is -0.331. The summed E-state index contributed by atoms with van der Waals surface area (Å²) in [6, 6.07) is 13.5. The number of hydrogen-bond acceptors (Lipinski definition) is 3. The summed E-state index contributed by atoms with van der Waals surface area (Å²) in [7, 11) is 0. The SMILES string of the molecule is O=C(CN1C(=O)[C@H]2[C@@H]3C=C[C@@H]([C@H]4C[C@H]34)[C@@H]2C1=O)Nc1cccc2ccccc12. The smallest absolute Gasteiger partial charge is 0.244 e. The van der Waals surface area contributed by atoms with Crippen LogP contribution in [-0.2, 0) is 14.4 Å². The Morgan fingerprint density at radius 1 is 0.929 bits per heavy atom. The lowest BCUT2D eigenvalue weighted by atomic mass is 9.63. The highest BCUT2D eigenvalue weighted by atomic mass is 16.2. The molecule has 1 heterocycles. The molecule has 7 rings (SSSR count). The number of allylic oxidation sites excluding steroid dienone is 2. The molecule has 2 aromatic rings. The van der Waals surface area contributed by atoms with Crippen LogP contribution in [0.1, 0.15) is 6.42 Å². The van der Waals surface area contributed by atoms with Gasteiger partial charge < -0.3 is 5.32 Å². The Bertz CT molecular complexity index is 1030. The largest absolute Gasteiger partial charge is 0.324 e. The molecule has 4 aliphatic carbocycles. The summed E-state index contributed by atoms with van der Waals surface area (Å²) in [5.74, 6) is 0.344. The number of rotatable bonds is 3. The predicted octanol–water partition coefficient (Wildman–Crippen LogP) is 2.83. The monoisotopic (exact) mass is 372 g/mol. The summed E-state index contributed by atoms with van der Waals surface area (Å²) in [5, 5.41) is 4.86. The maximum atomic E-state index is 13.0. The van der Waals surface area contributed by atoms with Crippen molar-refractivity contribution in [2.75, 3.05) is 11.9 Å². The molecular weight excluding hydrogens is 352 g/mol. The molecule has 5 nitrogen and oxygen atoms in total. The van der Waals surface area contributed by atoms with Crippen molar-refractivity contribution in [3.63, 3.8) is 0 Å². The van der Waals surface area contributed by atoms with Gasteiger partial charge in [-0.05, 0) is 41.5 Å². The highest BCUT2D eigenvalue weighted by Gasteiger charge is 2.67. The summed E-state index contributed by atoms with van der Waals surface area (Å²) < 4.78 is 0. The van der Waals surface area contributed by atoms with Crippen molar-refractivity contribution in [3.8, 4) is 0 Å². The molecule has 1 N–H and O–H groups in total. The van der Waals surface area contributed by atoms with Gasteiger partial charge in [0.25, 0.3) is 0 Å². The topological polar surface area (TPSA) is 66.5 Å². The van der Waals surface area contributed by atoms with Gasteiger partial charge in [-0.3, -0.25) is 19.3 Å². The first kappa shape index (κ1) is 16.0. The van der Waals surface area contributed by atoms with Gasteiger partial charge in [-0.1, -0.05) is 48.6 Å². The minimum Gasteiger partial charge on any atom is -0.324 e. The third-order valence-electron chi connectivity index (χ3n) is 7.12. The van der Waals surface area contributed by atoms with Gasteiger partial charge in [0.2, 0.25) is 17.7 Å². The number of imide groups is 1. The van der Waals surface area contributed by atoms with E-state index in [-0.39, 0.29) is 47.9 Å². The van der Waals surface area contributed by atoms with Gasteiger partial charge in [-0.2, -0.15) is 0 Å². The number of amides is 3. The number of fused-ring (bicyclic) bond motifs is 1. The first-order chi connectivity index (χ1) is 13.6. The molecule has 2 bridgehead atoms. The van der Waals surface area contributed by atoms with Crippen molar-refractivity contribution < 1.29 is 14.4 Å². The maximum Gasteiger partial charge on any atom is 0.244 e. The number of hydrogen-bond donors (Lipinski definition) is 1. The zero-order valence-electron chi connectivity index (χ0n) is 15.2. The molecule has 140 valence electrons. The van der Waals surface area contributed by atoms with E-state index in [2.05, 4.69) is 17.5 Å². The minimum absolute atomic E-state index is 0.159. The summed E-state index contributed by atoms with van der Waals surface area (Å²) in [6.45, 7) is -0.206. The Kier molecular flexibility index (Phi) is 3.17. The quantitative estimate of drug-likeness (QED) is 0.666. The first-order valence-electron chi connectivity index (χ1n) is 9.94. The average molecular weight is 372 g/mol. The van der Waals surface area contributed by atoms with E-state index in [1.165, 1.54) is 4.90 Å². The van der Waals surface area contributed by atoms with E-state index in [0.717, 1.165) is 17.2 Å². The van der Waals surface area contributed by atoms with E-state index >= 15 is 0 Å². The molecule has 3 amide bonds. The van der Waals surface area contributed by atoms with Crippen LogP contribution < -0.4 is 5.32 Å². The molecule has 3 fully saturated rings. The number of carbonyl (C=O) groups is 3.